The molecule has 0 heterocycles. The predicted molar refractivity (Wildman–Crippen MR) is 48.8 cm³/mol. The minimum atomic E-state index is -1.48. The Morgan fingerprint density at radius 3 is 1.86 bits per heavy atom. The first-order valence-corrected chi connectivity index (χ1v) is 3.16. The monoisotopic (exact) mass is 238 g/mol. The van der Waals surface area contributed by atoms with Crippen LogP contribution in [0.5, 0.6) is 0 Å². The number of carboxylic acid groups (broad SMARTS) is 2. The zero-order chi connectivity index (χ0) is 9.14. The van der Waals surface area contributed by atoms with E-state index in [1.165, 1.54) is 24.3 Å². The summed E-state index contributed by atoms with van der Waals surface area (Å²) in [5.74, 6) is -2.75. The van der Waals surface area contributed by atoms with Crippen LogP contribution >= 0.6 is 9.90 Å². The van der Waals surface area contributed by atoms with Gasteiger partial charge in [0.2, 0.25) is 0 Å². The van der Waals surface area contributed by atoms with Crippen LogP contribution in [-0.2, 0) is 0 Å². The van der Waals surface area contributed by atoms with E-state index in [1.807, 2.05) is 0 Å². The summed E-state index contributed by atoms with van der Waals surface area (Å²) < 4.78 is 0. The molecule has 0 aliphatic heterocycles. The molecule has 1 unspecified atom stereocenters. The largest absolute Gasteiger partial charge is 1.00 e. The zero-order valence-electron chi connectivity index (χ0n) is 7.69. The summed E-state index contributed by atoms with van der Waals surface area (Å²) in [5.41, 5.74) is -0.553. The molecular weight excluding hydrogens is 230 g/mol. The van der Waals surface area contributed by atoms with Crippen molar-refractivity contribution in [2.75, 3.05) is 0 Å². The van der Waals surface area contributed by atoms with E-state index < -0.39 is 11.9 Å². The molecular formula is C8H8KO4P. The fourth-order valence-corrected chi connectivity index (χ4v) is 0.848. The molecule has 4 nitrogen and oxygen atoms in total. The van der Waals surface area contributed by atoms with E-state index >= 15 is 0 Å². The summed E-state index contributed by atoms with van der Waals surface area (Å²) in [7, 11) is 0. The Kier molecular flexibility index (Phi) is 8.93. The quantitative estimate of drug-likeness (QED) is 0.435. The van der Waals surface area contributed by atoms with Crippen LogP contribution in [0.3, 0.4) is 0 Å². The molecule has 0 fully saturated rings. The standard InChI is InChI=1S/C8H6O4.K.H3P/c9-7(10)5-3-1-2-4-6(5)8(11)12;;/h1-4H,(H,9,10)(H,11,12);;1H3/q;+1;/p-1. The molecule has 0 saturated heterocycles. The topological polar surface area (TPSA) is 77.4 Å². The smallest absolute Gasteiger partial charge is 0.545 e. The zero-order valence-corrected chi connectivity index (χ0v) is 12.2. The molecule has 70 valence electrons. The van der Waals surface area contributed by atoms with E-state index in [0.29, 0.717) is 0 Å². The average molecular weight is 238 g/mol. The maximum Gasteiger partial charge on any atom is 1.00 e. The van der Waals surface area contributed by atoms with Crippen LogP contribution in [0.25, 0.3) is 0 Å². The fourth-order valence-electron chi connectivity index (χ4n) is 0.848. The van der Waals surface area contributed by atoms with Crippen LogP contribution in [0.4, 0.5) is 0 Å². The first kappa shape index (κ1) is 16.6. The van der Waals surface area contributed by atoms with E-state index in [2.05, 4.69) is 0 Å². The van der Waals surface area contributed by atoms with Crippen LogP contribution < -0.4 is 56.5 Å². The number of benzene rings is 1. The van der Waals surface area contributed by atoms with Crippen LogP contribution in [0.15, 0.2) is 24.3 Å². The third kappa shape index (κ3) is 4.17. The second-order valence-electron chi connectivity index (χ2n) is 2.14. The van der Waals surface area contributed by atoms with Gasteiger partial charge in [-0.2, -0.15) is 9.90 Å². The normalized spacial score (nSPS) is 8.00. The maximum absolute atomic E-state index is 10.4. The van der Waals surface area contributed by atoms with Gasteiger partial charge in [-0.3, -0.25) is 0 Å². The van der Waals surface area contributed by atoms with Gasteiger partial charge >= 0.3 is 57.4 Å². The second kappa shape index (κ2) is 7.51. The number of hydrogen-bond acceptors (Lipinski definition) is 3. The number of hydrogen-bond donors (Lipinski definition) is 1. The Balaban J connectivity index is 0. The maximum atomic E-state index is 10.4. The van der Waals surface area contributed by atoms with Crippen molar-refractivity contribution in [3.63, 3.8) is 0 Å². The van der Waals surface area contributed by atoms with Gasteiger partial charge in [-0.1, -0.05) is 18.2 Å². The third-order valence-electron chi connectivity index (χ3n) is 1.38. The number of rotatable bonds is 2. The van der Waals surface area contributed by atoms with Gasteiger partial charge < -0.3 is 15.0 Å². The molecule has 1 N–H and O–H groups in total. The van der Waals surface area contributed by atoms with Gasteiger partial charge in [0, 0.05) is 5.56 Å². The van der Waals surface area contributed by atoms with E-state index in [4.69, 9.17) is 5.11 Å². The summed E-state index contributed by atoms with van der Waals surface area (Å²) in [4.78, 5) is 20.8. The predicted octanol–water partition coefficient (Wildman–Crippen LogP) is -3.19. The molecule has 0 spiro atoms. The van der Waals surface area contributed by atoms with Gasteiger partial charge in [-0.05, 0) is 6.07 Å². The minimum Gasteiger partial charge on any atom is -0.545 e. The molecule has 1 aromatic carbocycles. The van der Waals surface area contributed by atoms with E-state index in [1.54, 1.807) is 0 Å². The van der Waals surface area contributed by atoms with Crippen molar-refractivity contribution in [1.29, 1.82) is 0 Å². The van der Waals surface area contributed by atoms with Crippen molar-refractivity contribution >= 4 is 21.8 Å². The first-order chi connectivity index (χ1) is 5.63. The van der Waals surface area contributed by atoms with Crippen molar-refractivity contribution < 1.29 is 71.2 Å². The Labute approximate surface area is 127 Å². The molecule has 0 aromatic heterocycles. The van der Waals surface area contributed by atoms with Crippen LogP contribution in [0, 0.1) is 0 Å². The number of carboxylic acids is 2. The number of carbonyl (C=O) groups excluding carboxylic acids is 1. The van der Waals surface area contributed by atoms with Crippen molar-refractivity contribution in [1.82, 2.24) is 0 Å². The summed E-state index contributed by atoms with van der Waals surface area (Å²) in [6, 6.07) is 5.31. The molecule has 0 radical (unpaired) electrons. The van der Waals surface area contributed by atoms with Crippen molar-refractivity contribution in [3.05, 3.63) is 35.4 Å². The number of carbonyl (C=O) groups is 2. The Morgan fingerprint density at radius 2 is 1.57 bits per heavy atom. The molecule has 0 aliphatic rings. The molecule has 1 atom stereocenters. The minimum absolute atomic E-state index is 0. The van der Waals surface area contributed by atoms with Gasteiger partial charge in [-0.15, -0.1) is 0 Å². The summed E-state index contributed by atoms with van der Waals surface area (Å²) in [6.45, 7) is 0. The Bertz CT molecular complexity index is 307. The van der Waals surface area contributed by atoms with E-state index in [-0.39, 0.29) is 72.4 Å². The van der Waals surface area contributed by atoms with E-state index in [9.17, 15) is 14.7 Å². The summed E-state index contributed by atoms with van der Waals surface area (Å²) in [6.07, 6.45) is 0. The summed E-state index contributed by atoms with van der Waals surface area (Å²) in [5, 5.41) is 18.9. The SMILES string of the molecule is O=C([O-])c1ccccc1C(=O)O.P.[K+]. The molecule has 0 saturated carbocycles. The van der Waals surface area contributed by atoms with Gasteiger partial charge in [0.05, 0.1) is 11.5 Å². The van der Waals surface area contributed by atoms with Crippen LogP contribution in [-0.4, -0.2) is 17.0 Å². The third-order valence-corrected chi connectivity index (χ3v) is 1.38. The fraction of sp³-hybridized carbons (Fsp3) is 0. The van der Waals surface area contributed by atoms with E-state index in [0.717, 1.165) is 0 Å². The summed E-state index contributed by atoms with van der Waals surface area (Å²) >= 11 is 0. The van der Waals surface area contributed by atoms with Crippen LogP contribution in [0.1, 0.15) is 20.7 Å². The van der Waals surface area contributed by atoms with Gasteiger partial charge in [0.15, 0.2) is 0 Å². The van der Waals surface area contributed by atoms with Gasteiger partial charge in [-0.25, -0.2) is 4.79 Å². The molecule has 6 heteroatoms. The molecule has 14 heavy (non-hydrogen) atoms. The molecule has 0 aliphatic carbocycles. The molecule has 1 rings (SSSR count). The Morgan fingerprint density at radius 1 is 1.14 bits per heavy atom. The van der Waals surface area contributed by atoms with Gasteiger partial charge in [0.25, 0.3) is 0 Å². The Hall–Kier alpha value is 0.226. The molecule has 1 aromatic rings. The van der Waals surface area contributed by atoms with Crippen molar-refractivity contribution in [2.45, 2.75) is 0 Å². The van der Waals surface area contributed by atoms with Crippen LogP contribution in [0.2, 0.25) is 0 Å². The second-order valence-corrected chi connectivity index (χ2v) is 2.14. The average Bonchev–Trinajstić information content (AvgIpc) is 2.04. The van der Waals surface area contributed by atoms with Crippen molar-refractivity contribution in [3.8, 4) is 0 Å². The first-order valence-electron chi connectivity index (χ1n) is 3.16. The van der Waals surface area contributed by atoms with Crippen molar-refractivity contribution in [2.24, 2.45) is 0 Å². The molecule has 0 amide bonds. The van der Waals surface area contributed by atoms with Gasteiger partial charge in [0.1, 0.15) is 0 Å². The molecule has 0 bridgehead atoms. The number of aromatic carboxylic acids is 2.